The van der Waals surface area contributed by atoms with Crippen LogP contribution in [0.3, 0.4) is 0 Å². The van der Waals surface area contributed by atoms with Crippen molar-refractivity contribution in [2.24, 2.45) is 11.8 Å². The number of carbonyl (C=O) groups is 2. The number of carbonyl (C=O) groups excluding carboxylic acids is 2. The van der Waals surface area contributed by atoms with Gasteiger partial charge in [0.05, 0.1) is 6.04 Å². The first-order chi connectivity index (χ1) is 14.1. The van der Waals surface area contributed by atoms with Gasteiger partial charge in [-0.2, -0.15) is 0 Å². The standard InChI is InChI=1S/C22H33N5O2/c1-16-7-11-26(14-16)20-12-18(6-9-24-20)22(29)27-10-3-4-17(15-27)13-25-21(28)19-5-2-8-23-19/h6,9,12,16-17,19,23H,2-5,7-8,10-11,13-15H2,1H3,(H,25,28). The largest absolute Gasteiger partial charge is 0.356 e. The topological polar surface area (TPSA) is 77.6 Å². The van der Waals surface area contributed by atoms with Gasteiger partial charge >= 0.3 is 0 Å². The minimum absolute atomic E-state index is 0.0418. The molecule has 2 amide bonds. The highest BCUT2D eigenvalue weighted by atomic mass is 16.2. The molecule has 0 bridgehead atoms. The summed E-state index contributed by atoms with van der Waals surface area (Å²) in [6.45, 7) is 7.33. The van der Waals surface area contributed by atoms with Gasteiger partial charge in [-0.1, -0.05) is 6.92 Å². The zero-order chi connectivity index (χ0) is 20.2. The van der Waals surface area contributed by atoms with Crippen LogP contribution in [0.4, 0.5) is 5.82 Å². The summed E-state index contributed by atoms with van der Waals surface area (Å²) in [4.78, 5) is 34.1. The highest BCUT2D eigenvalue weighted by Crippen LogP contribution is 2.24. The van der Waals surface area contributed by atoms with E-state index < -0.39 is 0 Å². The summed E-state index contributed by atoms with van der Waals surface area (Å²) < 4.78 is 0. The number of rotatable bonds is 5. The van der Waals surface area contributed by atoms with Crippen LogP contribution >= 0.6 is 0 Å². The molecule has 7 heteroatoms. The lowest BCUT2D eigenvalue weighted by Crippen LogP contribution is -2.46. The summed E-state index contributed by atoms with van der Waals surface area (Å²) in [7, 11) is 0. The number of hydrogen-bond donors (Lipinski definition) is 2. The van der Waals surface area contributed by atoms with Gasteiger partial charge in [0, 0.05) is 44.5 Å². The third-order valence-electron chi connectivity index (χ3n) is 6.49. The Morgan fingerprint density at radius 2 is 2.10 bits per heavy atom. The van der Waals surface area contributed by atoms with Gasteiger partial charge in [-0.3, -0.25) is 9.59 Å². The van der Waals surface area contributed by atoms with Crippen LogP contribution < -0.4 is 15.5 Å². The molecular formula is C22H33N5O2. The van der Waals surface area contributed by atoms with Gasteiger partial charge < -0.3 is 20.4 Å². The van der Waals surface area contributed by atoms with E-state index in [9.17, 15) is 9.59 Å². The molecule has 2 N–H and O–H groups in total. The number of hydrogen-bond acceptors (Lipinski definition) is 5. The summed E-state index contributed by atoms with van der Waals surface area (Å²) in [6.07, 6.45) is 6.94. The first-order valence-electron chi connectivity index (χ1n) is 11.1. The molecule has 3 aliphatic heterocycles. The van der Waals surface area contributed by atoms with Gasteiger partial charge in [-0.05, 0) is 62.6 Å². The molecular weight excluding hydrogens is 366 g/mol. The van der Waals surface area contributed by atoms with Crippen molar-refractivity contribution < 1.29 is 9.59 Å². The summed E-state index contributed by atoms with van der Waals surface area (Å²) in [5.74, 6) is 2.08. The third-order valence-corrected chi connectivity index (χ3v) is 6.49. The Morgan fingerprint density at radius 1 is 1.21 bits per heavy atom. The lowest BCUT2D eigenvalue weighted by Gasteiger charge is -2.33. The Kier molecular flexibility index (Phi) is 6.33. The molecule has 4 rings (SSSR count). The Balaban J connectivity index is 1.33. The van der Waals surface area contributed by atoms with Crippen molar-refractivity contribution in [3.05, 3.63) is 23.9 Å². The van der Waals surface area contributed by atoms with E-state index in [4.69, 9.17) is 0 Å². The monoisotopic (exact) mass is 399 g/mol. The molecule has 3 saturated heterocycles. The van der Waals surface area contributed by atoms with Crippen molar-refractivity contribution in [1.29, 1.82) is 0 Å². The number of aromatic nitrogens is 1. The maximum atomic E-state index is 13.1. The molecule has 29 heavy (non-hydrogen) atoms. The highest BCUT2D eigenvalue weighted by molar-refractivity contribution is 5.95. The predicted molar refractivity (Wildman–Crippen MR) is 113 cm³/mol. The lowest BCUT2D eigenvalue weighted by molar-refractivity contribution is -0.123. The average molecular weight is 400 g/mol. The van der Waals surface area contributed by atoms with E-state index in [1.54, 1.807) is 6.20 Å². The van der Waals surface area contributed by atoms with Crippen LogP contribution in [-0.4, -0.2) is 67.0 Å². The fourth-order valence-electron chi connectivity index (χ4n) is 4.74. The number of likely N-dealkylation sites (tertiary alicyclic amines) is 1. The van der Waals surface area contributed by atoms with E-state index in [-0.39, 0.29) is 17.9 Å². The SMILES string of the molecule is CC1CCN(c2cc(C(=O)N3CCCC(CNC(=O)C4CCCN4)C3)ccn2)C1. The quantitative estimate of drug-likeness (QED) is 0.787. The van der Waals surface area contributed by atoms with Crippen molar-refractivity contribution in [1.82, 2.24) is 20.5 Å². The van der Waals surface area contributed by atoms with E-state index in [1.807, 2.05) is 17.0 Å². The van der Waals surface area contributed by atoms with E-state index in [1.165, 1.54) is 6.42 Å². The molecule has 0 spiro atoms. The number of pyridine rings is 1. The van der Waals surface area contributed by atoms with Crippen LogP contribution in [0.2, 0.25) is 0 Å². The summed E-state index contributed by atoms with van der Waals surface area (Å²) >= 11 is 0. The number of piperidine rings is 1. The van der Waals surface area contributed by atoms with E-state index in [0.717, 1.165) is 63.2 Å². The van der Waals surface area contributed by atoms with Crippen LogP contribution in [0.15, 0.2) is 18.3 Å². The molecule has 0 aliphatic carbocycles. The fraction of sp³-hybridized carbons (Fsp3) is 0.682. The second kappa shape index (κ2) is 9.11. The van der Waals surface area contributed by atoms with Crippen molar-refractivity contribution >= 4 is 17.6 Å². The first-order valence-corrected chi connectivity index (χ1v) is 11.1. The van der Waals surface area contributed by atoms with Gasteiger partial charge in [0.25, 0.3) is 5.91 Å². The smallest absolute Gasteiger partial charge is 0.254 e. The molecule has 3 unspecified atom stereocenters. The van der Waals surface area contributed by atoms with Crippen LogP contribution in [0.1, 0.15) is 49.4 Å². The van der Waals surface area contributed by atoms with Crippen LogP contribution in [0, 0.1) is 11.8 Å². The van der Waals surface area contributed by atoms with Crippen molar-refractivity contribution in [2.75, 3.05) is 44.2 Å². The third kappa shape index (κ3) is 4.89. The Morgan fingerprint density at radius 3 is 2.86 bits per heavy atom. The minimum atomic E-state index is -0.0418. The number of anilines is 1. The molecule has 1 aromatic rings. The number of amides is 2. The zero-order valence-electron chi connectivity index (χ0n) is 17.4. The maximum absolute atomic E-state index is 13.1. The molecule has 1 aromatic heterocycles. The normalized spacial score (nSPS) is 27.3. The zero-order valence-corrected chi connectivity index (χ0v) is 17.4. The Hall–Kier alpha value is -2.15. The molecule has 4 heterocycles. The summed E-state index contributed by atoms with van der Waals surface area (Å²) in [5, 5.41) is 6.32. The maximum Gasteiger partial charge on any atom is 0.254 e. The first kappa shape index (κ1) is 20.1. The number of nitrogens with zero attached hydrogens (tertiary/aromatic N) is 3. The van der Waals surface area contributed by atoms with Gasteiger partial charge in [0.2, 0.25) is 5.91 Å². The second-order valence-corrected chi connectivity index (χ2v) is 8.90. The van der Waals surface area contributed by atoms with Gasteiger partial charge in [0.1, 0.15) is 5.82 Å². The molecule has 158 valence electrons. The second-order valence-electron chi connectivity index (χ2n) is 8.90. The summed E-state index contributed by atoms with van der Waals surface area (Å²) in [6, 6.07) is 3.72. The Bertz CT molecular complexity index is 734. The molecule has 7 nitrogen and oxygen atoms in total. The molecule has 0 saturated carbocycles. The van der Waals surface area contributed by atoms with Crippen LogP contribution in [0.25, 0.3) is 0 Å². The van der Waals surface area contributed by atoms with Gasteiger partial charge in [-0.25, -0.2) is 4.98 Å². The number of nitrogens with one attached hydrogen (secondary N) is 2. The van der Waals surface area contributed by atoms with Crippen molar-refractivity contribution in [3.63, 3.8) is 0 Å². The molecule has 0 aromatic carbocycles. The molecule has 3 atom stereocenters. The van der Waals surface area contributed by atoms with Gasteiger partial charge in [0.15, 0.2) is 0 Å². The van der Waals surface area contributed by atoms with Crippen LogP contribution in [-0.2, 0) is 4.79 Å². The highest BCUT2D eigenvalue weighted by Gasteiger charge is 2.27. The van der Waals surface area contributed by atoms with Gasteiger partial charge in [-0.15, -0.1) is 0 Å². The van der Waals surface area contributed by atoms with Crippen molar-refractivity contribution in [2.45, 2.75) is 45.1 Å². The molecule has 0 radical (unpaired) electrons. The molecule has 3 aliphatic rings. The van der Waals surface area contributed by atoms with Crippen LogP contribution in [0.5, 0.6) is 0 Å². The predicted octanol–water partition coefficient (Wildman–Crippen LogP) is 1.65. The van der Waals surface area contributed by atoms with E-state index >= 15 is 0 Å². The fourth-order valence-corrected chi connectivity index (χ4v) is 4.74. The minimum Gasteiger partial charge on any atom is -0.356 e. The summed E-state index contributed by atoms with van der Waals surface area (Å²) in [5.41, 5.74) is 0.717. The average Bonchev–Trinajstić information content (AvgIpc) is 3.44. The Labute approximate surface area is 173 Å². The van der Waals surface area contributed by atoms with Crippen molar-refractivity contribution in [3.8, 4) is 0 Å². The lowest BCUT2D eigenvalue weighted by atomic mass is 9.97. The van der Waals surface area contributed by atoms with E-state index in [0.29, 0.717) is 24.9 Å². The van der Waals surface area contributed by atoms with E-state index in [2.05, 4.69) is 27.4 Å². The molecule has 3 fully saturated rings.